The zero-order chi connectivity index (χ0) is 13.9. The Morgan fingerprint density at radius 3 is 2.95 bits per heavy atom. The maximum absolute atomic E-state index is 11.5. The Balaban J connectivity index is 2.13. The number of carbonyl (C=O) groups excluding carboxylic acids is 1. The molecule has 2 aromatic rings. The highest BCUT2D eigenvalue weighted by molar-refractivity contribution is 5.88. The molecule has 0 aliphatic carbocycles. The van der Waals surface area contributed by atoms with E-state index in [0.717, 1.165) is 28.5 Å². The number of hydrogen-bond donors (Lipinski definition) is 1. The van der Waals surface area contributed by atoms with Gasteiger partial charge in [0.2, 0.25) is 0 Å². The summed E-state index contributed by atoms with van der Waals surface area (Å²) in [4.78, 5) is 11.5. The second kappa shape index (κ2) is 5.41. The number of fused-ring (bicyclic) bond motifs is 1. The van der Waals surface area contributed by atoms with Gasteiger partial charge in [-0.1, -0.05) is 30.3 Å². The van der Waals surface area contributed by atoms with Gasteiger partial charge in [0, 0.05) is 12.0 Å². The van der Waals surface area contributed by atoms with Gasteiger partial charge < -0.3 is 14.8 Å². The molecule has 20 heavy (non-hydrogen) atoms. The summed E-state index contributed by atoms with van der Waals surface area (Å²) >= 11 is 0. The van der Waals surface area contributed by atoms with Crippen molar-refractivity contribution in [3.63, 3.8) is 0 Å². The third-order valence-electron chi connectivity index (χ3n) is 3.51. The van der Waals surface area contributed by atoms with Crippen molar-refractivity contribution >= 4 is 16.9 Å². The van der Waals surface area contributed by atoms with Crippen molar-refractivity contribution < 1.29 is 14.3 Å². The van der Waals surface area contributed by atoms with Crippen molar-refractivity contribution in [3.8, 4) is 5.75 Å². The minimum atomic E-state index is -0.364. The molecule has 1 N–H and O–H groups in total. The molecule has 1 aliphatic rings. The first-order valence-corrected chi connectivity index (χ1v) is 6.87. The number of hydrogen-bond acceptors (Lipinski definition) is 3. The fraction of sp³-hybridized carbons (Fsp3) is 0.312. The van der Waals surface area contributed by atoms with Crippen LogP contribution in [0.5, 0.6) is 5.75 Å². The summed E-state index contributed by atoms with van der Waals surface area (Å²) in [6, 6.07) is 12.1. The van der Waals surface area contributed by atoms with Crippen LogP contribution < -0.4 is 10.1 Å². The lowest BCUT2D eigenvalue weighted by Crippen LogP contribution is -2.35. The van der Waals surface area contributed by atoms with E-state index in [1.54, 1.807) is 0 Å². The Bertz CT molecular complexity index is 639. The fourth-order valence-corrected chi connectivity index (χ4v) is 2.66. The van der Waals surface area contributed by atoms with Crippen LogP contribution in [0, 0.1) is 0 Å². The van der Waals surface area contributed by atoms with Crippen LogP contribution in [0.4, 0.5) is 4.79 Å². The highest BCUT2D eigenvalue weighted by Gasteiger charge is 2.25. The van der Waals surface area contributed by atoms with Crippen LogP contribution in [-0.4, -0.2) is 19.3 Å². The van der Waals surface area contributed by atoms with Gasteiger partial charge in [0.1, 0.15) is 5.75 Å². The third-order valence-corrected chi connectivity index (χ3v) is 3.51. The predicted octanol–water partition coefficient (Wildman–Crippen LogP) is 3.41. The normalized spacial score (nSPS) is 18.4. The monoisotopic (exact) mass is 271 g/mol. The van der Waals surface area contributed by atoms with Crippen LogP contribution in [0.2, 0.25) is 0 Å². The fourth-order valence-electron chi connectivity index (χ4n) is 2.66. The Morgan fingerprint density at radius 2 is 2.15 bits per heavy atom. The van der Waals surface area contributed by atoms with Crippen molar-refractivity contribution in [3.05, 3.63) is 42.0 Å². The van der Waals surface area contributed by atoms with Gasteiger partial charge in [0.15, 0.2) is 0 Å². The molecule has 4 nitrogen and oxygen atoms in total. The number of carbonyl (C=O) groups is 1. The minimum Gasteiger partial charge on any atom is -0.493 e. The van der Waals surface area contributed by atoms with Crippen LogP contribution in [0.3, 0.4) is 0 Å². The first-order valence-electron chi connectivity index (χ1n) is 6.87. The minimum absolute atomic E-state index is 0.0658. The molecule has 1 amide bonds. The van der Waals surface area contributed by atoms with E-state index < -0.39 is 0 Å². The number of nitrogens with one attached hydrogen (secondary N) is 1. The number of cyclic esters (lactones) is 1. The number of amides is 1. The van der Waals surface area contributed by atoms with Gasteiger partial charge in [-0.15, -0.1) is 0 Å². The SMILES string of the molecule is CCOc1ccc2ccccc2c1[C@H]1CCOC(=O)N1. The molecule has 4 heteroatoms. The van der Waals surface area contributed by atoms with Crippen LogP contribution >= 0.6 is 0 Å². The summed E-state index contributed by atoms with van der Waals surface area (Å²) in [5.41, 5.74) is 1.04. The molecular weight excluding hydrogens is 254 g/mol. The Labute approximate surface area is 117 Å². The Morgan fingerprint density at radius 1 is 1.30 bits per heavy atom. The molecule has 3 rings (SSSR count). The molecule has 2 aromatic carbocycles. The number of ether oxygens (including phenoxy) is 2. The lowest BCUT2D eigenvalue weighted by Gasteiger charge is -2.26. The quantitative estimate of drug-likeness (QED) is 0.930. The van der Waals surface area contributed by atoms with E-state index in [2.05, 4.69) is 17.4 Å². The van der Waals surface area contributed by atoms with E-state index in [1.807, 2.05) is 31.2 Å². The molecule has 0 radical (unpaired) electrons. The predicted molar refractivity (Wildman–Crippen MR) is 77.0 cm³/mol. The van der Waals surface area contributed by atoms with Gasteiger partial charge in [-0.25, -0.2) is 4.79 Å². The average Bonchev–Trinajstić information content (AvgIpc) is 2.47. The first kappa shape index (κ1) is 12.8. The number of benzene rings is 2. The molecule has 1 heterocycles. The number of alkyl carbamates (subject to hydrolysis) is 1. The van der Waals surface area contributed by atoms with Crippen molar-refractivity contribution in [1.82, 2.24) is 5.32 Å². The zero-order valence-corrected chi connectivity index (χ0v) is 11.4. The van der Waals surface area contributed by atoms with Crippen LogP contribution in [-0.2, 0) is 4.74 Å². The molecule has 1 atom stereocenters. The second-order valence-corrected chi connectivity index (χ2v) is 4.75. The molecule has 0 bridgehead atoms. The maximum atomic E-state index is 11.5. The van der Waals surface area contributed by atoms with E-state index >= 15 is 0 Å². The van der Waals surface area contributed by atoms with Crippen molar-refractivity contribution in [2.45, 2.75) is 19.4 Å². The summed E-state index contributed by atoms with van der Waals surface area (Å²) in [6.07, 6.45) is 0.386. The van der Waals surface area contributed by atoms with Crippen molar-refractivity contribution in [2.24, 2.45) is 0 Å². The summed E-state index contributed by atoms with van der Waals surface area (Å²) in [5.74, 6) is 0.832. The molecular formula is C16H17NO3. The largest absolute Gasteiger partial charge is 0.493 e. The zero-order valence-electron chi connectivity index (χ0n) is 11.4. The Kier molecular flexibility index (Phi) is 3.46. The van der Waals surface area contributed by atoms with Crippen LogP contribution in [0.25, 0.3) is 10.8 Å². The van der Waals surface area contributed by atoms with Gasteiger partial charge >= 0.3 is 6.09 Å². The second-order valence-electron chi connectivity index (χ2n) is 4.75. The number of rotatable bonds is 3. The van der Waals surface area contributed by atoms with E-state index in [-0.39, 0.29) is 12.1 Å². The summed E-state index contributed by atoms with van der Waals surface area (Å²) in [6.45, 7) is 3.00. The highest BCUT2D eigenvalue weighted by Crippen LogP contribution is 2.35. The van der Waals surface area contributed by atoms with Gasteiger partial charge in [0.25, 0.3) is 0 Å². The summed E-state index contributed by atoms with van der Waals surface area (Å²) in [5, 5.41) is 5.14. The summed E-state index contributed by atoms with van der Waals surface area (Å²) in [7, 11) is 0. The molecule has 0 spiro atoms. The van der Waals surface area contributed by atoms with Gasteiger partial charge in [-0.3, -0.25) is 0 Å². The van der Waals surface area contributed by atoms with Gasteiger partial charge in [0.05, 0.1) is 19.3 Å². The van der Waals surface area contributed by atoms with Gasteiger partial charge in [-0.2, -0.15) is 0 Å². The van der Waals surface area contributed by atoms with E-state index in [9.17, 15) is 4.79 Å². The van der Waals surface area contributed by atoms with E-state index in [1.165, 1.54) is 0 Å². The van der Waals surface area contributed by atoms with Crippen molar-refractivity contribution in [2.75, 3.05) is 13.2 Å². The smallest absolute Gasteiger partial charge is 0.407 e. The maximum Gasteiger partial charge on any atom is 0.407 e. The molecule has 0 aromatic heterocycles. The summed E-state index contributed by atoms with van der Waals surface area (Å²) < 4.78 is 10.7. The third kappa shape index (κ3) is 2.29. The van der Waals surface area contributed by atoms with Crippen molar-refractivity contribution in [1.29, 1.82) is 0 Å². The molecule has 104 valence electrons. The van der Waals surface area contributed by atoms with E-state index in [0.29, 0.717) is 13.2 Å². The van der Waals surface area contributed by atoms with Crippen LogP contribution in [0.15, 0.2) is 36.4 Å². The molecule has 1 aliphatic heterocycles. The molecule has 1 saturated heterocycles. The molecule has 0 unspecified atom stereocenters. The molecule has 1 fully saturated rings. The average molecular weight is 271 g/mol. The standard InChI is InChI=1S/C16H17NO3/c1-2-19-14-8-7-11-5-3-4-6-12(11)15(14)13-9-10-20-16(18)17-13/h3-8,13H,2,9-10H2,1H3,(H,17,18)/t13-/m1/s1. The van der Waals surface area contributed by atoms with Gasteiger partial charge in [-0.05, 0) is 23.8 Å². The highest BCUT2D eigenvalue weighted by atomic mass is 16.6. The lowest BCUT2D eigenvalue weighted by molar-refractivity contribution is 0.115. The Hall–Kier alpha value is -2.23. The topological polar surface area (TPSA) is 47.6 Å². The molecule has 0 saturated carbocycles. The lowest BCUT2D eigenvalue weighted by atomic mass is 9.95. The first-order chi connectivity index (χ1) is 9.79. The van der Waals surface area contributed by atoms with E-state index in [4.69, 9.17) is 9.47 Å². The van der Waals surface area contributed by atoms with Crippen LogP contribution in [0.1, 0.15) is 24.9 Å².